The fourth-order valence-electron chi connectivity index (χ4n) is 3.08. The lowest BCUT2D eigenvalue weighted by atomic mass is 9.71. The van der Waals surface area contributed by atoms with Gasteiger partial charge in [-0.2, -0.15) is 0 Å². The van der Waals surface area contributed by atoms with E-state index in [2.05, 4.69) is 12.2 Å². The fourth-order valence-corrected chi connectivity index (χ4v) is 3.08. The lowest BCUT2D eigenvalue weighted by Crippen LogP contribution is -2.51. The van der Waals surface area contributed by atoms with Gasteiger partial charge >= 0.3 is 0 Å². The van der Waals surface area contributed by atoms with E-state index in [1.54, 1.807) is 0 Å². The number of amides is 1. The van der Waals surface area contributed by atoms with Crippen LogP contribution in [0.2, 0.25) is 0 Å². The molecule has 0 aromatic carbocycles. The summed E-state index contributed by atoms with van der Waals surface area (Å²) in [4.78, 5) is 11.3. The summed E-state index contributed by atoms with van der Waals surface area (Å²) in [6.45, 7) is 3.25. The maximum Gasteiger partial charge on any atom is 0.222 e. The number of hydrogen-bond donors (Lipinski definition) is 2. The minimum Gasteiger partial charge on any atom is -0.369 e. The van der Waals surface area contributed by atoms with Crippen LogP contribution in [0.3, 0.4) is 0 Å². The molecular weight excluding hydrogens is 176 g/mol. The first kappa shape index (κ1) is 9.97. The Morgan fingerprint density at radius 1 is 1.36 bits per heavy atom. The summed E-state index contributed by atoms with van der Waals surface area (Å²) in [6.07, 6.45) is 5.65. The normalized spacial score (nSPS) is 42.9. The molecule has 1 amide bonds. The van der Waals surface area contributed by atoms with Gasteiger partial charge in [-0.25, -0.2) is 0 Å². The Hall–Kier alpha value is -0.570. The molecular formula is C11H20N2O. The van der Waals surface area contributed by atoms with Crippen molar-refractivity contribution in [1.82, 2.24) is 5.32 Å². The van der Waals surface area contributed by atoms with Crippen LogP contribution in [0.1, 0.15) is 39.0 Å². The highest BCUT2D eigenvalue weighted by atomic mass is 16.1. The van der Waals surface area contributed by atoms with Gasteiger partial charge in [0.15, 0.2) is 0 Å². The molecule has 0 radical (unpaired) electrons. The second-order valence-corrected chi connectivity index (χ2v) is 5.01. The van der Waals surface area contributed by atoms with Crippen molar-refractivity contribution in [2.45, 2.75) is 44.6 Å². The highest BCUT2D eigenvalue weighted by Crippen LogP contribution is 2.41. The van der Waals surface area contributed by atoms with E-state index in [9.17, 15) is 4.79 Å². The average molecular weight is 196 g/mol. The van der Waals surface area contributed by atoms with Crippen molar-refractivity contribution < 1.29 is 4.79 Å². The van der Waals surface area contributed by atoms with E-state index in [-0.39, 0.29) is 17.4 Å². The quantitative estimate of drug-likeness (QED) is 0.658. The molecule has 80 valence electrons. The van der Waals surface area contributed by atoms with Gasteiger partial charge in [0.25, 0.3) is 0 Å². The molecule has 1 saturated carbocycles. The molecule has 1 heterocycles. The zero-order valence-corrected chi connectivity index (χ0v) is 8.88. The smallest absolute Gasteiger partial charge is 0.222 e. The van der Waals surface area contributed by atoms with Crippen LogP contribution in [0, 0.1) is 11.8 Å². The van der Waals surface area contributed by atoms with Gasteiger partial charge in [-0.05, 0) is 44.6 Å². The maximum atomic E-state index is 11.3. The van der Waals surface area contributed by atoms with Crippen molar-refractivity contribution in [2.75, 3.05) is 6.54 Å². The van der Waals surface area contributed by atoms with Gasteiger partial charge in [-0.1, -0.05) is 6.92 Å². The van der Waals surface area contributed by atoms with Gasteiger partial charge in [-0.3, -0.25) is 4.79 Å². The van der Waals surface area contributed by atoms with Crippen molar-refractivity contribution in [3.63, 3.8) is 0 Å². The molecule has 2 fully saturated rings. The molecule has 3 heteroatoms. The molecule has 2 aliphatic rings. The van der Waals surface area contributed by atoms with Crippen molar-refractivity contribution in [2.24, 2.45) is 17.6 Å². The van der Waals surface area contributed by atoms with Crippen LogP contribution in [0.15, 0.2) is 0 Å². The van der Waals surface area contributed by atoms with Gasteiger partial charge < -0.3 is 11.1 Å². The number of hydrogen-bond acceptors (Lipinski definition) is 2. The van der Waals surface area contributed by atoms with Gasteiger partial charge in [0, 0.05) is 5.54 Å². The van der Waals surface area contributed by atoms with Crippen molar-refractivity contribution >= 4 is 5.91 Å². The monoisotopic (exact) mass is 196 g/mol. The summed E-state index contributed by atoms with van der Waals surface area (Å²) in [5, 5.41) is 3.52. The molecule has 0 aromatic rings. The number of primary amides is 1. The first-order valence-corrected chi connectivity index (χ1v) is 5.68. The third-order valence-corrected chi connectivity index (χ3v) is 4.09. The number of nitrogens with one attached hydrogen (secondary N) is 1. The molecule has 14 heavy (non-hydrogen) atoms. The summed E-state index contributed by atoms with van der Waals surface area (Å²) >= 11 is 0. The summed E-state index contributed by atoms with van der Waals surface area (Å²) in [5.41, 5.74) is 5.53. The summed E-state index contributed by atoms with van der Waals surface area (Å²) < 4.78 is 0. The Morgan fingerprint density at radius 2 is 2.00 bits per heavy atom. The second-order valence-electron chi connectivity index (χ2n) is 5.01. The second kappa shape index (κ2) is 3.54. The number of nitrogens with two attached hydrogens (primary N) is 1. The molecule has 1 unspecified atom stereocenters. The minimum atomic E-state index is -0.107. The summed E-state index contributed by atoms with van der Waals surface area (Å²) in [5.74, 6) is 0.788. The Morgan fingerprint density at radius 3 is 2.57 bits per heavy atom. The minimum absolute atomic E-state index is 0.0678. The van der Waals surface area contributed by atoms with E-state index in [0.717, 1.165) is 31.7 Å². The SMILES string of the molecule is CC1CCC2(CC1)NCCC2C(N)=O. The summed E-state index contributed by atoms with van der Waals surface area (Å²) in [6, 6.07) is 0. The van der Waals surface area contributed by atoms with Crippen LogP contribution in [0.25, 0.3) is 0 Å². The van der Waals surface area contributed by atoms with Crippen LogP contribution in [0.5, 0.6) is 0 Å². The van der Waals surface area contributed by atoms with Crippen molar-refractivity contribution in [1.29, 1.82) is 0 Å². The maximum absolute atomic E-state index is 11.3. The van der Waals surface area contributed by atoms with Crippen LogP contribution in [-0.4, -0.2) is 18.0 Å². The largest absolute Gasteiger partial charge is 0.369 e. The molecule has 1 aliphatic heterocycles. The van der Waals surface area contributed by atoms with E-state index in [4.69, 9.17) is 5.73 Å². The molecule has 3 N–H and O–H groups in total. The number of rotatable bonds is 1. The summed E-state index contributed by atoms with van der Waals surface area (Å²) in [7, 11) is 0. The van der Waals surface area contributed by atoms with Gasteiger partial charge in [-0.15, -0.1) is 0 Å². The first-order chi connectivity index (χ1) is 6.64. The van der Waals surface area contributed by atoms with E-state index in [0.29, 0.717) is 0 Å². The van der Waals surface area contributed by atoms with E-state index in [1.165, 1.54) is 12.8 Å². The zero-order chi connectivity index (χ0) is 10.2. The van der Waals surface area contributed by atoms with Crippen LogP contribution < -0.4 is 11.1 Å². The van der Waals surface area contributed by atoms with E-state index < -0.39 is 0 Å². The molecule has 0 bridgehead atoms. The predicted octanol–water partition coefficient (Wildman–Crippen LogP) is 1.03. The first-order valence-electron chi connectivity index (χ1n) is 5.68. The molecule has 1 spiro atoms. The standard InChI is InChI=1S/C11H20N2O/c1-8-2-5-11(6-3-8)9(10(12)14)4-7-13-11/h8-9,13H,2-7H2,1H3,(H2,12,14). The fraction of sp³-hybridized carbons (Fsp3) is 0.909. The average Bonchev–Trinajstić information content (AvgIpc) is 2.55. The Bertz CT molecular complexity index is 231. The predicted molar refractivity (Wildman–Crippen MR) is 55.7 cm³/mol. The Kier molecular flexibility index (Phi) is 2.52. The third-order valence-electron chi connectivity index (χ3n) is 4.09. The highest BCUT2D eigenvalue weighted by molar-refractivity contribution is 5.78. The molecule has 1 aliphatic carbocycles. The lowest BCUT2D eigenvalue weighted by molar-refractivity contribution is -0.124. The zero-order valence-electron chi connectivity index (χ0n) is 8.88. The molecule has 1 atom stereocenters. The van der Waals surface area contributed by atoms with Crippen LogP contribution in [-0.2, 0) is 4.79 Å². The van der Waals surface area contributed by atoms with E-state index in [1.807, 2.05) is 0 Å². The molecule has 0 aromatic heterocycles. The number of carbonyl (C=O) groups excluding carboxylic acids is 1. The van der Waals surface area contributed by atoms with E-state index >= 15 is 0 Å². The highest BCUT2D eigenvalue weighted by Gasteiger charge is 2.46. The third kappa shape index (κ3) is 1.54. The lowest BCUT2D eigenvalue weighted by Gasteiger charge is -2.39. The molecule has 1 saturated heterocycles. The molecule has 2 rings (SSSR count). The van der Waals surface area contributed by atoms with Crippen molar-refractivity contribution in [3.05, 3.63) is 0 Å². The van der Waals surface area contributed by atoms with Crippen LogP contribution >= 0.6 is 0 Å². The van der Waals surface area contributed by atoms with Gasteiger partial charge in [0.05, 0.1) is 5.92 Å². The van der Waals surface area contributed by atoms with Gasteiger partial charge in [0.1, 0.15) is 0 Å². The Balaban J connectivity index is 2.10. The van der Waals surface area contributed by atoms with Crippen LogP contribution in [0.4, 0.5) is 0 Å². The van der Waals surface area contributed by atoms with Crippen molar-refractivity contribution in [3.8, 4) is 0 Å². The van der Waals surface area contributed by atoms with Gasteiger partial charge in [0.2, 0.25) is 5.91 Å². The topological polar surface area (TPSA) is 55.1 Å². The number of carbonyl (C=O) groups is 1. The molecule has 3 nitrogen and oxygen atoms in total. The Labute approximate surface area is 85.4 Å².